The van der Waals surface area contributed by atoms with Crippen molar-refractivity contribution in [3.8, 4) is 23.0 Å². The summed E-state index contributed by atoms with van der Waals surface area (Å²) in [5, 5.41) is 2.86. The molecule has 3 aromatic carbocycles. The highest BCUT2D eigenvalue weighted by molar-refractivity contribution is 5.86. The smallest absolute Gasteiger partial charge is 0.217 e. The van der Waals surface area contributed by atoms with Crippen LogP contribution in [0.4, 0.5) is 0 Å². The van der Waals surface area contributed by atoms with Gasteiger partial charge in [0, 0.05) is 6.92 Å². The van der Waals surface area contributed by atoms with Crippen LogP contribution in [0.2, 0.25) is 0 Å². The average Bonchev–Trinajstić information content (AvgIpc) is 2.65. The highest BCUT2D eigenvalue weighted by Crippen LogP contribution is 2.37. The van der Waals surface area contributed by atoms with Gasteiger partial charge in [-0.15, -0.1) is 0 Å². The Hall–Kier alpha value is -3.79. The molecule has 0 spiro atoms. The van der Waals surface area contributed by atoms with Crippen molar-refractivity contribution in [1.29, 1.82) is 0 Å². The Morgan fingerprint density at radius 1 is 0.759 bits per heavy atom. The number of carbonyl (C=O) groups excluding carboxylic acids is 1. The summed E-state index contributed by atoms with van der Waals surface area (Å²) in [4.78, 5) is 11.5. The van der Waals surface area contributed by atoms with Gasteiger partial charge in [-0.25, -0.2) is 0 Å². The van der Waals surface area contributed by atoms with Crippen LogP contribution < -0.4 is 14.8 Å². The summed E-state index contributed by atoms with van der Waals surface area (Å²) in [6, 6.07) is 17.6. The first-order valence-corrected chi connectivity index (χ1v) is 9.52. The summed E-state index contributed by atoms with van der Waals surface area (Å²) in [5.74, 6) is 2.70. The van der Waals surface area contributed by atoms with E-state index in [1.54, 1.807) is 0 Å². The molecule has 1 N–H and O–H groups in total. The Balaban J connectivity index is 1.46. The van der Waals surface area contributed by atoms with Gasteiger partial charge < -0.3 is 14.8 Å². The highest BCUT2D eigenvalue weighted by atomic mass is 16.5. The van der Waals surface area contributed by atoms with Crippen LogP contribution >= 0.6 is 0 Å². The summed E-state index contributed by atoms with van der Waals surface area (Å²) in [6.45, 7) is 1.81. The van der Waals surface area contributed by atoms with Crippen molar-refractivity contribution in [1.82, 2.24) is 5.32 Å². The maximum atomic E-state index is 11.5. The molecule has 29 heavy (non-hydrogen) atoms. The molecule has 0 heterocycles. The first-order chi connectivity index (χ1) is 14.2. The molecule has 4 heteroatoms. The molecule has 0 fully saturated rings. The quantitative estimate of drug-likeness (QED) is 0.400. The van der Waals surface area contributed by atoms with Crippen molar-refractivity contribution in [2.45, 2.75) is 13.5 Å². The summed E-state index contributed by atoms with van der Waals surface area (Å²) < 4.78 is 12.3. The third kappa shape index (κ3) is 3.41. The van der Waals surface area contributed by atoms with Crippen LogP contribution in [-0.4, -0.2) is 5.91 Å². The topological polar surface area (TPSA) is 47.6 Å². The van der Waals surface area contributed by atoms with E-state index < -0.39 is 0 Å². The summed E-state index contributed by atoms with van der Waals surface area (Å²) >= 11 is 0. The lowest BCUT2D eigenvalue weighted by atomic mass is 9.98. The molecule has 0 saturated heterocycles. The van der Waals surface area contributed by atoms with Crippen molar-refractivity contribution in [3.05, 3.63) is 82.4 Å². The van der Waals surface area contributed by atoms with E-state index in [4.69, 9.17) is 9.47 Å². The maximum absolute atomic E-state index is 11.5. The van der Waals surface area contributed by atoms with Crippen LogP contribution in [0.1, 0.15) is 34.7 Å². The van der Waals surface area contributed by atoms with Crippen molar-refractivity contribution >= 4 is 30.2 Å². The van der Waals surface area contributed by atoms with Crippen LogP contribution in [0.3, 0.4) is 0 Å². The normalized spacial score (nSPS) is 12.3. The van der Waals surface area contributed by atoms with E-state index in [2.05, 4.69) is 29.6 Å². The zero-order valence-corrected chi connectivity index (χ0v) is 15.9. The predicted octanol–water partition coefficient (Wildman–Crippen LogP) is 5.87. The third-order valence-electron chi connectivity index (χ3n) is 5.06. The van der Waals surface area contributed by atoms with Gasteiger partial charge in [-0.3, -0.25) is 4.79 Å². The molecule has 1 amide bonds. The van der Waals surface area contributed by atoms with Crippen LogP contribution in [0.25, 0.3) is 24.3 Å². The molecule has 0 saturated carbocycles. The predicted molar refractivity (Wildman–Crippen MR) is 115 cm³/mol. The number of fused-ring (bicyclic) bond motifs is 2. The van der Waals surface area contributed by atoms with Gasteiger partial charge in [-0.2, -0.15) is 0 Å². The monoisotopic (exact) mass is 381 g/mol. The Bertz CT molecular complexity index is 1110. The molecule has 4 nitrogen and oxygen atoms in total. The number of amides is 1. The molecule has 3 aromatic rings. The molecule has 0 aromatic heterocycles. The van der Waals surface area contributed by atoms with Crippen molar-refractivity contribution in [3.63, 3.8) is 0 Å². The number of hydrogen-bond acceptors (Lipinski definition) is 3. The van der Waals surface area contributed by atoms with Gasteiger partial charge in [0.15, 0.2) is 0 Å². The van der Waals surface area contributed by atoms with Crippen molar-refractivity contribution < 1.29 is 14.3 Å². The van der Waals surface area contributed by atoms with Gasteiger partial charge in [0.05, 0.1) is 12.1 Å². The minimum absolute atomic E-state index is 0.108. The summed E-state index contributed by atoms with van der Waals surface area (Å²) in [5.41, 5.74) is 5.53. The van der Waals surface area contributed by atoms with Crippen LogP contribution in [0.15, 0.2) is 54.6 Å². The second kappa shape index (κ2) is 6.99. The molecule has 2 aliphatic carbocycles. The number of ether oxygens (including phenoxy) is 2. The van der Waals surface area contributed by atoms with E-state index in [9.17, 15) is 4.79 Å². The third-order valence-corrected chi connectivity index (χ3v) is 5.06. The van der Waals surface area contributed by atoms with Crippen LogP contribution in [-0.2, 0) is 11.3 Å². The van der Waals surface area contributed by atoms with E-state index in [-0.39, 0.29) is 5.91 Å². The van der Waals surface area contributed by atoms with Gasteiger partial charge in [0.1, 0.15) is 23.0 Å². The Labute approximate surface area is 169 Å². The molecular weight excluding hydrogens is 362 g/mol. The molecule has 0 radical (unpaired) electrons. The Morgan fingerprint density at radius 2 is 1.28 bits per heavy atom. The summed E-state index contributed by atoms with van der Waals surface area (Å²) in [6.07, 6.45) is 8.25. The van der Waals surface area contributed by atoms with Crippen LogP contribution in [0, 0.1) is 0 Å². The average molecular weight is 381 g/mol. The SMILES string of the molecule is CC(=O)NCc1c(Oc2ccc3c(c2)C=C3)cccc1Oc1ccc2c(c1)C=C2. The Morgan fingerprint density at radius 3 is 1.69 bits per heavy atom. The molecule has 0 unspecified atom stereocenters. The molecule has 0 atom stereocenters. The number of rotatable bonds is 6. The van der Waals surface area contributed by atoms with E-state index in [1.807, 2.05) is 54.6 Å². The zero-order valence-electron chi connectivity index (χ0n) is 15.9. The lowest BCUT2D eigenvalue weighted by molar-refractivity contribution is -0.119. The van der Waals surface area contributed by atoms with Crippen molar-refractivity contribution in [2.24, 2.45) is 0 Å². The zero-order chi connectivity index (χ0) is 19.8. The van der Waals surface area contributed by atoms with Gasteiger partial charge in [-0.1, -0.05) is 42.5 Å². The van der Waals surface area contributed by atoms with E-state index in [0.29, 0.717) is 18.0 Å². The highest BCUT2D eigenvalue weighted by Gasteiger charge is 2.15. The number of carbonyl (C=O) groups is 1. The van der Waals surface area contributed by atoms with Crippen molar-refractivity contribution in [2.75, 3.05) is 0 Å². The second-order valence-corrected chi connectivity index (χ2v) is 7.09. The lowest BCUT2D eigenvalue weighted by Crippen LogP contribution is -2.19. The first-order valence-electron chi connectivity index (χ1n) is 9.52. The number of hydrogen-bond donors (Lipinski definition) is 1. The fourth-order valence-corrected chi connectivity index (χ4v) is 3.37. The fourth-order valence-electron chi connectivity index (χ4n) is 3.37. The van der Waals surface area contributed by atoms with E-state index in [0.717, 1.165) is 28.2 Å². The first kappa shape index (κ1) is 17.3. The molecule has 2 aliphatic rings. The number of nitrogens with one attached hydrogen (secondary N) is 1. The molecule has 5 rings (SSSR count). The second-order valence-electron chi connectivity index (χ2n) is 7.09. The standard InChI is InChI=1S/C25H19NO3/c1-16(27)26-15-23-24(28-21-11-9-17-5-7-19(17)13-21)3-2-4-25(23)29-22-12-10-18-6-8-20(18)14-22/h2-14H,15H2,1H3,(H,26,27). The van der Waals surface area contributed by atoms with Gasteiger partial charge in [0.25, 0.3) is 0 Å². The maximum Gasteiger partial charge on any atom is 0.217 e. The van der Waals surface area contributed by atoms with Gasteiger partial charge in [0.2, 0.25) is 5.91 Å². The molecule has 0 bridgehead atoms. The molecule has 142 valence electrons. The molecular formula is C25H19NO3. The largest absolute Gasteiger partial charge is 0.457 e. The fraction of sp³-hybridized carbons (Fsp3) is 0.0800. The van der Waals surface area contributed by atoms with Crippen LogP contribution in [0.5, 0.6) is 23.0 Å². The number of benzene rings is 3. The van der Waals surface area contributed by atoms with Gasteiger partial charge >= 0.3 is 0 Å². The molecule has 0 aliphatic heterocycles. The Kier molecular flexibility index (Phi) is 4.17. The van der Waals surface area contributed by atoms with E-state index >= 15 is 0 Å². The lowest BCUT2D eigenvalue weighted by Gasteiger charge is -2.18. The summed E-state index contributed by atoms with van der Waals surface area (Å²) in [7, 11) is 0. The van der Waals surface area contributed by atoms with Gasteiger partial charge in [-0.05, 0) is 58.7 Å². The minimum Gasteiger partial charge on any atom is -0.457 e. The minimum atomic E-state index is -0.108. The van der Waals surface area contributed by atoms with E-state index in [1.165, 1.54) is 18.1 Å².